The van der Waals surface area contributed by atoms with Crippen LogP contribution in [0.5, 0.6) is 0 Å². The minimum atomic E-state index is -0.171. The van der Waals surface area contributed by atoms with E-state index in [0.717, 1.165) is 17.1 Å². The molecule has 2 heterocycles. The minimum Gasteiger partial charge on any atom is -0.464 e. The fraction of sp³-hybridized carbons (Fsp3) is 0.263. The summed E-state index contributed by atoms with van der Waals surface area (Å²) in [5, 5.41) is 3.58. The van der Waals surface area contributed by atoms with Gasteiger partial charge in [0.2, 0.25) is 5.91 Å². The van der Waals surface area contributed by atoms with Crippen molar-refractivity contribution in [3.8, 4) is 11.3 Å². The van der Waals surface area contributed by atoms with Crippen LogP contribution >= 0.6 is 11.6 Å². The molecule has 25 heavy (non-hydrogen) atoms. The van der Waals surface area contributed by atoms with Crippen molar-refractivity contribution >= 4 is 17.5 Å². The van der Waals surface area contributed by atoms with Crippen LogP contribution in [-0.4, -0.2) is 10.9 Å². The van der Waals surface area contributed by atoms with E-state index in [1.165, 1.54) is 0 Å². The zero-order valence-corrected chi connectivity index (χ0v) is 14.8. The molecule has 1 aromatic carbocycles. The number of carbonyl (C=O) groups is 1. The lowest BCUT2D eigenvalue weighted by atomic mass is 10.2. The first-order valence-corrected chi connectivity index (χ1v) is 8.45. The third-order valence-electron chi connectivity index (χ3n) is 3.81. The maximum Gasteiger partial charge on any atom is 0.221 e. The van der Waals surface area contributed by atoms with Crippen LogP contribution in [-0.2, 0) is 11.2 Å². The number of oxazole rings is 1. The van der Waals surface area contributed by atoms with Crippen molar-refractivity contribution in [2.24, 2.45) is 0 Å². The molecule has 3 aromatic rings. The van der Waals surface area contributed by atoms with E-state index >= 15 is 0 Å². The van der Waals surface area contributed by atoms with Gasteiger partial charge in [0.15, 0.2) is 11.7 Å². The summed E-state index contributed by atoms with van der Waals surface area (Å²) in [7, 11) is 0. The van der Waals surface area contributed by atoms with Crippen LogP contribution in [0, 0.1) is 6.92 Å². The topological polar surface area (TPSA) is 68.3 Å². The molecule has 3 rings (SSSR count). The first-order valence-electron chi connectivity index (χ1n) is 8.07. The Kier molecular flexibility index (Phi) is 5.24. The Morgan fingerprint density at radius 3 is 2.64 bits per heavy atom. The van der Waals surface area contributed by atoms with E-state index in [1.54, 1.807) is 18.3 Å². The highest BCUT2D eigenvalue weighted by Gasteiger charge is 2.14. The summed E-state index contributed by atoms with van der Waals surface area (Å²) in [4.78, 5) is 16.3. The fourth-order valence-electron chi connectivity index (χ4n) is 2.46. The van der Waals surface area contributed by atoms with Crippen molar-refractivity contribution in [3.05, 3.63) is 65.0 Å². The molecule has 0 unspecified atom stereocenters. The molecular formula is C19H19ClN2O3. The van der Waals surface area contributed by atoms with Gasteiger partial charge >= 0.3 is 0 Å². The summed E-state index contributed by atoms with van der Waals surface area (Å²) < 4.78 is 11.2. The monoisotopic (exact) mass is 358 g/mol. The second-order valence-corrected chi connectivity index (χ2v) is 6.30. The van der Waals surface area contributed by atoms with Crippen LogP contribution in [0.2, 0.25) is 5.02 Å². The second-order valence-electron chi connectivity index (χ2n) is 5.86. The average molecular weight is 359 g/mol. The smallest absolute Gasteiger partial charge is 0.221 e. The molecule has 0 aliphatic rings. The molecule has 1 N–H and O–H groups in total. The van der Waals surface area contributed by atoms with Crippen molar-refractivity contribution in [1.82, 2.24) is 10.3 Å². The standard InChI is InChI=1S/C19H19ClN2O3/c1-12-3-8-16(24-12)13(2)22-18(23)9-10-19-21-11-17(25-19)14-4-6-15(20)7-5-14/h3-8,11,13H,9-10H2,1-2H3,(H,22,23)/t13-/m1/s1. The number of nitrogens with one attached hydrogen (secondary N) is 1. The molecule has 0 aliphatic heterocycles. The van der Waals surface area contributed by atoms with Crippen molar-refractivity contribution in [3.63, 3.8) is 0 Å². The third-order valence-corrected chi connectivity index (χ3v) is 4.07. The molecule has 6 heteroatoms. The van der Waals surface area contributed by atoms with E-state index in [0.29, 0.717) is 29.5 Å². The molecule has 1 atom stereocenters. The summed E-state index contributed by atoms with van der Waals surface area (Å²) in [6.07, 6.45) is 2.39. The van der Waals surface area contributed by atoms with Gasteiger partial charge in [0.05, 0.1) is 12.2 Å². The van der Waals surface area contributed by atoms with Gasteiger partial charge in [-0.05, 0) is 50.2 Å². The number of carbonyl (C=O) groups excluding carboxylic acids is 1. The molecule has 0 spiro atoms. The van der Waals surface area contributed by atoms with Gasteiger partial charge in [-0.25, -0.2) is 4.98 Å². The van der Waals surface area contributed by atoms with Gasteiger partial charge in [0.25, 0.3) is 0 Å². The predicted molar refractivity (Wildman–Crippen MR) is 95.3 cm³/mol. The Balaban J connectivity index is 1.53. The molecule has 0 radical (unpaired) electrons. The summed E-state index contributed by atoms with van der Waals surface area (Å²) in [6, 6.07) is 10.9. The Hall–Kier alpha value is -2.53. The molecule has 0 saturated heterocycles. The maximum absolute atomic E-state index is 12.1. The van der Waals surface area contributed by atoms with E-state index in [4.69, 9.17) is 20.4 Å². The van der Waals surface area contributed by atoms with Crippen LogP contribution in [0.4, 0.5) is 0 Å². The van der Waals surface area contributed by atoms with Crippen LogP contribution in [0.25, 0.3) is 11.3 Å². The lowest BCUT2D eigenvalue weighted by Crippen LogP contribution is -2.26. The lowest BCUT2D eigenvalue weighted by molar-refractivity contribution is -0.121. The first kappa shape index (κ1) is 17.3. The largest absolute Gasteiger partial charge is 0.464 e. The Morgan fingerprint density at radius 2 is 1.96 bits per heavy atom. The molecule has 1 amide bonds. The highest BCUT2D eigenvalue weighted by molar-refractivity contribution is 6.30. The van der Waals surface area contributed by atoms with Crippen LogP contribution < -0.4 is 5.32 Å². The molecule has 0 bridgehead atoms. The molecular weight excluding hydrogens is 340 g/mol. The number of aromatic nitrogens is 1. The number of rotatable bonds is 6. The quantitative estimate of drug-likeness (QED) is 0.693. The van der Waals surface area contributed by atoms with Gasteiger partial charge in [-0.2, -0.15) is 0 Å². The number of benzene rings is 1. The highest BCUT2D eigenvalue weighted by Crippen LogP contribution is 2.23. The zero-order valence-electron chi connectivity index (χ0n) is 14.1. The van der Waals surface area contributed by atoms with E-state index in [1.807, 2.05) is 38.1 Å². The van der Waals surface area contributed by atoms with E-state index < -0.39 is 0 Å². The second kappa shape index (κ2) is 7.57. The summed E-state index contributed by atoms with van der Waals surface area (Å²) >= 11 is 5.88. The number of furan rings is 1. The fourth-order valence-corrected chi connectivity index (χ4v) is 2.59. The molecule has 2 aromatic heterocycles. The van der Waals surface area contributed by atoms with Gasteiger partial charge < -0.3 is 14.2 Å². The van der Waals surface area contributed by atoms with Gasteiger partial charge in [-0.15, -0.1) is 0 Å². The minimum absolute atomic E-state index is 0.0761. The first-order chi connectivity index (χ1) is 12.0. The number of nitrogens with zero attached hydrogens (tertiary/aromatic N) is 1. The highest BCUT2D eigenvalue weighted by atomic mass is 35.5. The number of halogens is 1. The molecule has 0 saturated carbocycles. The van der Waals surface area contributed by atoms with E-state index in [2.05, 4.69) is 10.3 Å². The van der Waals surface area contributed by atoms with Gasteiger partial charge in [-0.1, -0.05) is 11.6 Å². The normalized spacial score (nSPS) is 12.1. The van der Waals surface area contributed by atoms with Gasteiger partial charge in [0, 0.05) is 23.4 Å². The average Bonchev–Trinajstić information content (AvgIpc) is 3.23. The predicted octanol–water partition coefficient (Wildman–Crippen LogP) is 4.71. The number of aryl methyl sites for hydroxylation is 2. The number of hydrogen-bond donors (Lipinski definition) is 1. The Bertz CT molecular complexity index is 852. The van der Waals surface area contributed by atoms with Crippen molar-refractivity contribution in [2.45, 2.75) is 32.7 Å². The van der Waals surface area contributed by atoms with Gasteiger partial charge in [0.1, 0.15) is 11.5 Å². The van der Waals surface area contributed by atoms with E-state index in [-0.39, 0.29) is 11.9 Å². The van der Waals surface area contributed by atoms with Gasteiger partial charge in [-0.3, -0.25) is 4.79 Å². The van der Waals surface area contributed by atoms with Crippen LogP contribution in [0.3, 0.4) is 0 Å². The maximum atomic E-state index is 12.1. The summed E-state index contributed by atoms with van der Waals surface area (Å²) in [6.45, 7) is 3.76. The van der Waals surface area contributed by atoms with Crippen molar-refractivity contribution in [1.29, 1.82) is 0 Å². The van der Waals surface area contributed by atoms with Crippen molar-refractivity contribution < 1.29 is 13.6 Å². The number of hydrogen-bond acceptors (Lipinski definition) is 4. The SMILES string of the molecule is Cc1ccc([C@@H](C)NC(=O)CCc2ncc(-c3ccc(Cl)cc3)o2)o1. The molecule has 0 fully saturated rings. The molecule has 5 nitrogen and oxygen atoms in total. The van der Waals surface area contributed by atoms with Crippen LogP contribution in [0.1, 0.15) is 36.8 Å². The molecule has 130 valence electrons. The molecule has 0 aliphatic carbocycles. The zero-order chi connectivity index (χ0) is 17.8. The van der Waals surface area contributed by atoms with E-state index in [9.17, 15) is 4.79 Å². The Labute approximate surface area is 151 Å². The summed E-state index contributed by atoms with van der Waals surface area (Å²) in [5.41, 5.74) is 0.898. The Morgan fingerprint density at radius 1 is 1.20 bits per heavy atom. The third kappa shape index (κ3) is 4.51. The van der Waals surface area contributed by atoms with Crippen LogP contribution in [0.15, 0.2) is 51.4 Å². The number of amides is 1. The lowest BCUT2D eigenvalue weighted by Gasteiger charge is -2.10. The van der Waals surface area contributed by atoms with Crippen molar-refractivity contribution in [2.75, 3.05) is 0 Å². The summed E-state index contributed by atoms with van der Waals surface area (Å²) in [5.74, 6) is 2.68.